The Morgan fingerprint density at radius 3 is 1.24 bits per heavy atom. The number of ether oxygens (including phenoxy) is 3. The molecule has 0 saturated carbocycles. The van der Waals surface area contributed by atoms with Gasteiger partial charge in [-0.05, 0) is 116 Å². The molecule has 0 aromatic heterocycles. The molecule has 0 aliphatic rings. The summed E-state index contributed by atoms with van der Waals surface area (Å²) in [7, 11) is 0. The summed E-state index contributed by atoms with van der Waals surface area (Å²) in [4.78, 5) is 25.3. The van der Waals surface area contributed by atoms with E-state index in [1.165, 1.54) is 12.8 Å². The van der Waals surface area contributed by atoms with Crippen molar-refractivity contribution in [3.63, 3.8) is 0 Å². The van der Waals surface area contributed by atoms with Gasteiger partial charge in [0.15, 0.2) is 6.10 Å². The summed E-state index contributed by atoms with van der Waals surface area (Å²) in [6.45, 7) is 7.27. The average molecular weight is 853 g/mol. The molecule has 346 valence electrons. The molecule has 0 aromatic carbocycles. The number of carbonyl (C=O) groups is 2. The van der Waals surface area contributed by atoms with E-state index in [0.29, 0.717) is 13.0 Å². The predicted molar refractivity (Wildman–Crippen MR) is 269 cm³/mol. The zero-order chi connectivity index (χ0) is 44.9. The van der Waals surface area contributed by atoms with Gasteiger partial charge in [-0.2, -0.15) is 0 Å². The second kappa shape index (κ2) is 51.1. The van der Waals surface area contributed by atoms with Crippen molar-refractivity contribution in [1.82, 2.24) is 0 Å². The van der Waals surface area contributed by atoms with E-state index in [1.54, 1.807) is 0 Å². The normalized spacial score (nSPS) is 13.5. The van der Waals surface area contributed by atoms with Crippen molar-refractivity contribution in [2.75, 3.05) is 19.8 Å². The summed E-state index contributed by atoms with van der Waals surface area (Å²) in [6.07, 6.45) is 74.5. The molecule has 0 radical (unpaired) electrons. The maximum Gasteiger partial charge on any atom is 0.309 e. The smallest absolute Gasteiger partial charge is 0.309 e. The molecule has 5 heteroatoms. The van der Waals surface area contributed by atoms with Crippen molar-refractivity contribution >= 4 is 11.9 Å². The molecule has 5 nitrogen and oxygen atoms in total. The molecule has 1 atom stereocenters. The van der Waals surface area contributed by atoms with E-state index >= 15 is 0 Å². The number of esters is 2. The van der Waals surface area contributed by atoms with Crippen LogP contribution >= 0.6 is 0 Å². The Bertz CT molecular complexity index is 1380. The molecule has 0 rings (SSSR count). The summed E-state index contributed by atoms with van der Waals surface area (Å²) in [6, 6.07) is 0. The molecular weight excluding hydrogens is 765 g/mol. The highest BCUT2D eigenvalue weighted by atomic mass is 16.6. The van der Waals surface area contributed by atoms with E-state index in [1.807, 2.05) is 12.2 Å². The second-order valence-electron chi connectivity index (χ2n) is 15.3. The van der Waals surface area contributed by atoms with Gasteiger partial charge in [-0.1, -0.05) is 192 Å². The highest BCUT2D eigenvalue weighted by Crippen LogP contribution is 2.10. The molecule has 0 spiro atoms. The van der Waals surface area contributed by atoms with Crippen LogP contribution in [0.5, 0.6) is 0 Å². The molecule has 62 heavy (non-hydrogen) atoms. The first-order valence-corrected chi connectivity index (χ1v) is 24.4. The summed E-state index contributed by atoms with van der Waals surface area (Å²) in [5.74, 6) is -0.600. The van der Waals surface area contributed by atoms with E-state index in [4.69, 9.17) is 14.2 Å². The standard InChI is InChI=1S/C57H88O5/c1-4-7-10-13-16-19-22-25-27-28-29-31-34-37-40-43-46-49-52-60-53-55(62-57(59)51-48-45-42-39-36-32-24-21-18-15-12-9-6-3)54-61-56(58)50-47-44-41-38-35-33-30-26-23-20-17-14-11-8-5-2/h7-8,10-12,15-17,19-21,24-27,29-31,35,37-38,40,44,47,55H,4-6,9,13-14,18,22-23,28,32-34,36,39,41-43,45-46,48-54H2,1-3H3/b10-7-,11-8-,15-12-,19-16-,20-17-,24-21-,27-25-,30-26-,31-29-,38-35-,40-37-,47-44-. The molecule has 1 unspecified atom stereocenters. The van der Waals surface area contributed by atoms with Crippen LogP contribution in [0.25, 0.3) is 0 Å². The molecule has 0 fully saturated rings. The molecule has 0 heterocycles. The summed E-state index contributed by atoms with van der Waals surface area (Å²) in [5, 5.41) is 0. The first-order chi connectivity index (χ1) is 30.6. The van der Waals surface area contributed by atoms with Crippen molar-refractivity contribution in [3.05, 3.63) is 146 Å². The van der Waals surface area contributed by atoms with Crippen LogP contribution in [0, 0.1) is 0 Å². The fourth-order valence-corrected chi connectivity index (χ4v) is 5.82. The van der Waals surface area contributed by atoms with Gasteiger partial charge in [0.2, 0.25) is 0 Å². The van der Waals surface area contributed by atoms with Gasteiger partial charge in [-0.3, -0.25) is 9.59 Å². The maximum atomic E-state index is 12.8. The largest absolute Gasteiger partial charge is 0.461 e. The van der Waals surface area contributed by atoms with Crippen LogP contribution in [0.15, 0.2) is 146 Å². The number of carbonyl (C=O) groups excluding carboxylic acids is 2. The van der Waals surface area contributed by atoms with Gasteiger partial charge in [0.1, 0.15) is 6.61 Å². The lowest BCUT2D eigenvalue weighted by atomic mass is 10.1. The third-order valence-corrected chi connectivity index (χ3v) is 9.35. The SMILES string of the molecule is CC/C=C\C/C=C\C/C=C\C/C=C\C/C=C\CCCCOCC(COC(=O)C/C=C\C/C=C\C/C=C\C/C=C\C/C=C\CC)OC(=O)CCCCCCC/C=C\C/C=C\CCC. The van der Waals surface area contributed by atoms with Gasteiger partial charge in [0, 0.05) is 13.0 Å². The molecule has 0 bridgehead atoms. The molecule has 0 aromatic rings. The van der Waals surface area contributed by atoms with E-state index in [-0.39, 0.29) is 31.6 Å². The highest BCUT2D eigenvalue weighted by molar-refractivity contribution is 5.71. The quantitative estimate of drug-likeness (QED) is 0.0348. The zero-order valence-electron chi connectivity index (χ0n) is 39.6. The molecular formula is C57H88O5. The molecule has 0 N–H and O–H groups in total. The fraction of sp³-hybridized carbons (Fsp3) is 0.544. The lowest BCUT2D eigenvalue weighted by molar-refractivity contribution is -0.162. The van der Waals surface area contributed by atoms with Crippen molar-refractivity contribution in [2.45, 2.75) is 181 Å². The van der Waals surface area contributed by atoms with Gasteiger partial charge < -0.3 is 14.2 Å². The Labute approximate surface area is 381 Å². The van der Waals surface area contributed by atoms with Crippen LogP contribution in [0.1, 0.15) is 175 Å². The van der Waals surface area contributed by atoms with E-state index in [2.05, 4.69) is 154 Å². The van der Waals surface area contributed by atoms with Crippen LogP contribution in [-0.2, 0) is 23.8 Å². The predicted octanol–water partition coefficient (Wildman–Crippen LogP) is 16.6. The monoisotopic (exact) mass is 853 g/mol. The average Bonchev–Trinajstić information content (AvgIpc) is 3.27. The van der Waals surface area contributed by atoms with E-state index in [9.17, 15) is 9.59 Å². The third-order valence-electron chi connectivity index (χ3n) is 9.35. The Morgan fingerprint density at radius 1 is 0.387 bits per heavy atom. The van der Waals surface area contributed by atoms with Gasteiger partial charge in [-0.25, -0.2) is 0 Å². The van der Waals surface area contributed by atoms with Gasteiger partial charge in [0.05, 0.1) is 13.0 Å². The Hall–Kier alpha value is -4.22. The van der Waals surface area contributed by atoms with Crippen LogP contribution in [0.2, 0.25) is 0 Å². The van der Waals surface area contributed by atoms with Crippen molar-refractivity contribution < 1.29 is 23.8 Å². The first-order valence-electron chi connectivity index (χ1n) is 24.4. The van der Waals surface area contributed by atoms with E-state index < -0.39 is 6.10 Å². The molecule has 0 saturated heterocycles. The second-order valence-corrected chi connectivity index (χ2v) is 15.3. The lowest BCUT2D eigenvalue weighted by Gasteiger charge is -2.18. The van der Waals surface area contributed by atoms with Crippen molar-refractivity contribution in [2.24, 2.45) is 0 Å². The maximum absolute atomic E-state index is 12.8. The minimum Gasteiger partial charge on any atom is -0.461 e. The van der Waals surface area contributed by atoms with Gasteiger partial charge in [-0.15, -0.1) is 0 Å². The van der Waals surface area contributed by atoms with Crippen molar-refractivity contribution in [3.8, 4) is 0 Å². The fourth-order valence-electron chi connectivity index (χ4n) is 5.82. The summed E-state index contributed by atoms with van der Waals surface area (Å²) in [5.41, 5.74) is 0. The summed E-state index contributed by atoms with van der Waals surface area (Å²) >= 11 is 0. The van der Waals surface area contributed by atoms with Crippen LogP contribution < -0.4 is 0 Å². The summed E-state index contributed by atoms with van der Waals surface area (Å²) < 4.78 is 17.2. The third kappa shape index (κ3) is 48.4. The molecule has 0 aliphatic carbocycles. The number of allylic oxidation sites excluding steroid dienone is 23. The first kappa shape index (κ1) is 57.8. The van der Waals surface area contributed by atoms with Crippen LogP contribution in [0.3, 0.4) is 0 Å². The van der Waals surface area contributed by atoms with E-state index in [0.717, 1.165) is 128 Å². The topological polar surface area (TPSA) is 61.8 Å². The van der Waals surface area contributed by atoms with Gasteiger partial charge >= 0.3 is 11.9 Å². The number of hydrogen-bond acceptors (Lipinski definition) is 5. The Kier molecular flexibility index (Phi) is 47.7. The molecule has 0 aliphatic heterocycles. The van der Waals surface area contributed by atoms with Gasteiger partial charge in [0.25, 0.3) is 0 Å². The van der Waals surface area contributed by atoms with Crippen LogP contribution in [-0.4, -0.2) is 37.9 Å². The minimum absolute atomic E-state index is 0.00275. The highest BCUT2D eigenvalue weighted by Gasteiger charge is 2.17. The number of hydrogen-bond donors (Lipinski definition) is 0. The lowest BCUT2D eigenvalue weighted by Crippen LogP contribution is -2.30. The van der Waals surface area contributed by atoms with Crippen LogP contribution in [0.4, 0.5) is 0 Å². The minimum atomic E-state index is -0.616. The Morgan fingerprint density at radius 2 is 0.774 bits per heavy atom. The number of unbranched alkanes of at least 4 members (excludes halogenated alkanes) is 8. The molecule has 0 amide bonds. The Balaban J connectivity index is 4.53. The van der Waals surface area contributed by atoms with Crippen molar-refractivity contribution in [1.29, 1.82) is 0 Å². The number of rotatable bonds is 42. The zero-order valence-corrected chi connectivity index (χ0v) is 39.6.